The molecule has 13 heteroatoms. The number of aliphatic hydroxyl groups excluding tert-OH is 1. The number of anilines is 1. The Morgan fingerprint density at radius 2 is 2.23 bits per heavy atom. The van der Waals surface area contributed by atoms with Crippen molar-refractivity contribution in [3.05, 3.63) is 18.5 Å². The first-order chi connectivity index (χ1) is 10.2. The number of hydrogen-bond donors (Lipinski definition) is 5. The normalized spacial score (nSPS) is 19.7. The number of nitrogens with zero attached hydrogens (tertiary/aromatic N) is 4. The third-order valence-electron chi connectivity index (χ3n) is 2.57. The van der Waals surface area contributed by atoms with E-state index in [1.54, 1.807) is 0 Å². The lowest BCUT2D eigenvalue weighted by molar-refractivity contribution is -0.119. The summed E-state index contributed by atoms with van der Waals surface area (Å²) >= 11 is 0. The summed E-state index contributed by atoms with van der Waals surface area (Å²) in [7, 11) is -4.82. The van der Waals surface area contributed by atoms with Gasteiger partial charge in [-0.05, 0) is 6.08 Å². The van der Waals surface area contributed by atoms with Crippen molar-refractivity contribution in [3.8, 4) is 0 Å². The molecule has 5 N–H and O–H groups in total. The molecule has 0 aliphatic carbocycles. The van der Waals surface area contributed by atoms with E-state index in [0.717, 1.165) is 11.1 Å². The standard InChI is InChI=1S/C9H13N6O6P/c1-5(16)10-6-2-3-14(8(17)11-6)7-4-15(13-12-7)9(18)22(19,20)21/h2-4,6,9,18H,1H3,(H,10,16)(H,11,17)(H2,19,20,21). The number of aromatic nitrogens is 3. The summed E-state index contributed by atoms with van der Waals surface area (Å²) in [4.78, 5) is 41.5. The summed E-state index contributed by atoms with van der Waals surface area (Å²) in [6, 6.07) is -0.640. The fourth-order valence-electron chi connectivity index (χ4n) is 1.62. The number of hydrogen-bond acceptors (Lipinski definition) is 6. The summed E-state index contributed by atoms with van der Waals surface area (Å²) in [6.45, 7) is 1.29. The van der Waals surface area contributed by atoms with Crippen molar-refractivity contribution in [2.45, 2.75) is 19.1 Å². The topological polar surface area (TPSA) is 170 Å². The van der Waals surface area contributed by atoms with Gasteiger partial charge in [0.2, 0.25) is 5.91 Å². The first kappa shape index (κ1) is 16.1. The fraction of sp³-hybridized carbons (Fsp3) is 0.333. The smallest absolute Gasteiger partial charge is 0.362 e. The van der Waals surface area contributed by atoms with Crippen LogP contribution in [0.1, 0.15) is 12.9 Å². The van der Waals surface area contributed by atoms with Crippen LogP contribution in [0.3, 0.4) is 0 Å². The molecule has 1 aliphatic rings. The van der Waals surface area contributed by atoms with Crippen molar-refractivity contribution >= 4 is 25.4 Å². The van der Waals surface area contributed by atoms with E-state index in [2.05, 4.69) is 20.9 Å². The van der Waals surface area contributed by atoms with Gasteiger partial charge in [0.1, 0.15) is 6.17 Å². The Morgan fingerprint density at radius 1 is 1.55 bits per heavy atom. The van der Waals surface area contributed by atoms with Crippen molar-refractivity contribution < 1.29 is 29.0 Å². The predicted molar refractivity (Wildman–Crippen MR) is 71.1 cm³/mol. The first-order valence-electron chi connectivity index (χ1n) is 5.89. The van der Waals surface area contributed by atoms with Crippen LogP contribution in [-0.2, 0) is 9.36 Å². The molecule has 2 atom stereocenters. The molecule has 0 radical (unpaired) electrons. The molecule has 0 saturated heterocycles. The third kappa shape index (κ3) is 3.49. The van der Waals surface area contributed by atoms with Gasteiger partial charge in [-0.3, -0.25) is 14.3 Å². The molecule has 0 bridgehead atoms. The summed E-state index contributed by atoms with van der Waals surface area (Å²) in [5.41, 5.74) is 0. The maximum atomic E-state index is 11.9. The molecule has 22 heavy (non-hydrogen) atoms. The van der Waals surface area contributed by atoms with Gasteiger partial charge in [-0.2, -0.15) is 0 Å². The average Bonchev–Trinajstić information content (AvgIpc) is 2.85. The van der Waals surface area contributed by atoms with Gasteiger partial charge in [0, 0.05) is 13.1 Å². The highest BCUT2D eigenvalue weighted by atomic mass is 31.2. The van der Waals surface area contributed by atoms with Crippen LogP contribution < -0.4 is 15.5 Å². The Kier molecular flexibility index (Phi) is 4.28. The molecule has 1 aromatic heterocycles. The van der Waals surface area contributed by atoms with Crippen molar-refractivity contribution in [1.82, 2.24) is 25.6 Å². The molecule has 12 nitrogen and oxygen atoms in total. The summed E-state index contributed by atoms with van der Waals surface area (Å²) < 4.78 is 11.5. The van der Waals surface area contributed by atoms with E-state index < -0.39 is 25.8 Å². The van der Waals surface area contributed by atoms with Gasteiger partial charge in [-0.15, -0.1) is 5.10 Å². The van der Waals surface area contributed by atoms with Gasteiger partial charge in [-0.1, -0.05) is 5.21 Å². The SMILES string of the molecule is CC(=O)NC1C=CN(c2cn(C(O)P(=O)(O)O)nn2)C(=O)N1. The number of amides is 3. The van der Waals surface area contributed by atoms with Crippen molar-refractivity contribution in [2.75, 3.05) is 4.90 Å². The number of carbonyl (C=O) groups is 2. The zero-order chi connectivity index (χ0) is 16.5. The number of rotatable bonds is 4. The average molecular weight is 332 g/mol. The molecule has 120 valence electrons. The number of carbonyl (C=O) groups excluding carboxylic acids is 2. The molecular weight excluding hydrogens is 319 g/mol. The molecule has 0 fully saturated rings. The van der Waals surface area contributed by atoms with Gasteiger partial charge in [0.15, 0.2) is 5.82 Å². The minimum Gasteiger partial charge on any atom is -0.362 e. The zero-order valence-corrected chi connectivity index (χ0v) is 12.1. The Hall–Kier alpha value is -2.27. The molecule has 2 unspecified atom stereocenters. The van der Waals surface area contributed by atoms with E-state index in [-0.39, 0.29) is 11.7 Å². The van der Waals surface area contributed by atoms with E-state index in [4.69, 9.17) is 9.79 Å². The van der Waals surface area contributed by atoms with Crippen molar-refractivity contribution in [3.63, 3.8) is 0 Å². The molecule has 1 aromatic rings. The van der Waals surface area contributed by atoms with Crippen LogP contribution in [0.4, 0.5) is 10.6 Å². The van der Waals surface area contributed by atoms with Crippen molar-refractivity contribution in [2.24, 2.45) is 0 Å². The zero-order valence-electron chi connectivity index (χ0n) is 11.2. The van der Waals surface area contributed by atoms with E-state index >= 15 is 0 Å². The van der Waals surface area contributed by atoms with E-state index in [1.807, 2.05) is 0 Å². The maximum Gasteiger partial charge on any atom is 0.376 e. The highest BCUT2D eigenvalue weighted by Gasteiger charge is 2.31. The molecule has 0 saturated carbocycles. The van der Waals surface area contributed by atoms with E-state index in [0.29, 0.717) is 4.68 Å². The highest BCUT2D eigenvalue weighted by Crippen LogP contribution is 2.46. The molecule has 0 spiro atoms. The maximum absolute atomic E-state index is 11.9. The Morgan fingerprint density at radius 3 is 2.77 bits per heavy atom. The molecule has 0 aromatic carbocycles. The van der Waals surface area contributed by atoms with Crippen molar-refractivity contribution in [1.29, 1.82) is 0 Å². The van der Waals surface area contributed by atoms with Gasteiger partial charge >= 0.3 is 13.6 Å². The molecule has 3 amide bonds. The van der Waals surface area contributed by atoms with Crippen LogP contribution in [0.2, 0.25) is 0 Å². The van der Waals surface area contributed by atoms with Crippen LogP contribution >= 0.6 is 7.60 Å². The second-order valence-corrected chi connectivity index (χ2v) is 5.97. The molecule has 2 rings (SSSR count). The van der Waals surface area contributed by atoms with Crippen LogP contribution in [0.25, 0.3) is 0 Å². The Bertz CT molecular complexity index is 667. The van der Waals surface area contributed by atoms with Crippen LogP contribution in [0.5, 0.6) is 0 Å². The van der Waals surface area contributed by atoms with Gasteiger partial charge in [0.25, 0.3) is 5.97 Å². The van der Waals surface area contributed by atoms with Crippen LogP contribution in [-0.4, -0.2) is 48.0 Å². The minimum atomic E-state index is -4.82. The van der Waals surface area contributed by atoms with Gasteiger partial charge in [0.05, 0.1) is 6.20 Å². The van der Waals surface area contributed by atoms with Gasteiger partial charge < -0.3 is 25.5 Å². The van der Waals surface area contributed by atoms with E-state index in [9.17, 15) is 19.3 Å². The van der Waals surface area contributed by atoms with E-state index in [1.165, 1.54) is 19.2 Å². The number of urea groups is 1. The first-order valence-corrected chi connectivity index (χ1v) is 7.57. The second-order valence-electron chi connectivity index (χ2n) is 4.33. The molecular formula is C9H13N6O6P. The lowest BCUT2D eigenvalue weighted by atomic mass is 10.3. The second kappa shape index (κ2) is 5.85. The quantitative estimate of drug-likeness (QED) is 0.411. The highest BCUT2D eigenvalue weighted by molar-refractivity contribution is 7.51. The summed E-state index contributed by atoms with van der Waals surface area (Å²) in [5.74, 6) is -2.60. The number of aliphatic hydroxyl groups is 1. The number of nitrogens with one attached hydrogen (secondary N) is 2. The largest absolute Gasteiger partial charge is 0.376 e. The molecule has 1 aliphatic heterocycles. The minimum absolute atomic E-state index is 0.0671. The summed E-state index contributed by atoms with van der Waals surface area (Å²) in [6.07, 6.45) is 3.07. The lowest BCUT2D eigenvalue weighted by Gasteiger charge is -2.25. The lowest BCUT2D eigenvalue weighted by Crippen LogP contribution is -2.53. The van der Waals surface area contributed by atoms with Crippen LogP contribution in [0, 0.1) is 0 Å². The Labute approximate surface area is 123 Å². The van der Waals surface area contributed by atoms with Crippen LogP contribution in [0.15, 0.2) is 18.5 Å². The Balaban J connectivity index is 2.17. The predicted octanol–water partition coefficient (Wildman–Crippen LogP) is -1.59. The summed E-state index contributed by atoms with van der Waals surface area (Å²) in [5, 5.41) is 21.2. The fourth-order valence-corrected chi connectivity index (χ4v) is 2.04. The monoisotopic (exact) mass is 332 g/mol. The third-order valence-corrected chi connectivity index (χ3v) is 3.40. The van der Waals surface area contributed by atoms with Gasteiger partial charge in [-0.25, -0.2) is 9.48 Å². The molecule has 2 heterocycles.